The second kappa shape index (κ2) is 4.20. The van der Waals surface area contributed by atoms with E-state index in [-0.39, 0.29) is 11.8 Å². The smallest absolute Gasteiger partial charge is 0.148 e. The summed E-state index contributed by atoms with van der Waals surface area (Å²) in [4.78, 5) is 15.8. The predicted octanol–water partition coefficient (Wildman–Crippen LogP) is 0.600. The van der Waals surface area contributed by atoms with Gasteiger partial charge in [-0.3, -0.25) is 14.6 Å². The molecular formula is C10H20N2O. The highest BCUT2D eigenvalue weighted by atomic mass is 16.1. The summed E-state index contributed by atoms with van der Waals surface area (Å²) in [6.07, 6.45) is 0. The Labute approximate surface area is 80.7 Å². The SMILES string of the molecule is CC(=O)C1CN(C(C)C)CCN1C. The molecule has 0 aromatic rings. The molecule has 0 aromatic heterocycles. The molecule has 1 atom stereocenters. The van der Waals surface area contributed by atoms with Gasteiger partial charge in [0.25, 0.3) is 0 Å². The summed E-state index contributed by atoms with van der Waals surface area (Å²) in [5.74, 6) is 0.285. The van der Waals surface area contributed by atoms with Gasteiger partial charge in [0.1, 0.15) is 5.78 Å². The first-order chi connectivity index (χ1) is 6.02. The van der Waals surface area contributed by atoms with Gasteiger partial charge in [-0.15, -0.1) is 0 Å². The first-order valence-corrected chi connectivity index (χ1v) is 4.97. The Morgan fingerprint density at radius 1 is 1.38 bits per heavy atom. The molecule has 1 aliphatic rings. The van der Waals surface area contributed by atoms with E-state index in [1.54, 1.807) is 6.92 Å². The van der Waals surface area contributed by atoms with E-state index < -0.39 is 0 Å². The summed E-state index contributed by atoms with van der Waals surface area (Å²) >= 11 is 0. The number of piperazine rings is 1. The van der Waals surface area contributed by atoms with Crippen molar-refractivity contribution < 1.29 is 4.79 Å². The molecule has 0 amide bonds. The molecule has 1 saturated heterocycles. The Balaban J connectivity index is 2.58. The van der Waals surface area contributed by atoms with Crippen LogP contribution in [0.15, 0.2) is 0 Å². The fourth-order valence-corrected chi connectivity index (χ4v) is 1.80. The van der Waals surface area contributed by atoms with Crippen LogP contribution >= 0.6 is 0 Å². The molecule has 0 N–H and O–H groups in total. The average molecular weight is 184 g/mol. The van der Waals surface area contributed by atoms with Crippen molar-refractivity contribution in [1.82, 2.24) is 9.80 Å². The fraction of sp³-hybridized carbons (Fsp3) is 0.900. The zero-order chi connectivity index (χ0) is 10.0. The van der Waals surface area contributed by atoms with Gasteiger partial charge in [0, 0.05) is 25.7 Å². The van der Waals surface area contributed by atoms with E-state index >= 15 is 0 Å². The van der Waals surface area contributed by atoms with Crippen LogP contribution in [0.3, 0.4) is 0 Å². The second-order valence-electron chi connectivity index (χ2n) is 4.20. The standard InChI is InChI=1S/C10H20N2O/c1-8(2)12-6-5-11(4)10(7-12)9(3)13/h8,10H,5-7H2,1-4H3. The van der Waals surface area contributed by atoms with Crippen molar-refractivity contribution in [2.45, 2.75) is 32.9 Å². The predicted molar refractivity (Wildman–Crippen MR) is 53.8 cm³/mol. The van der Waals surface area contributed by atoms with Crippen molar-refractivity contribution in [3.63, 3.8) is 0 Å². The molecular weight excluding hydrogens is 164 g/mol. The maximum atomic E-state index is 11.3. The molecule has 3 heteroatoms. The monoisotopic (exact) mass is 184 g/mol. The second-order valence-corrected chi connectivity index (χ2v) is 4.20. The Kier molecular flexibility index (Phi) is 3.45. The van der Waals surface area contributed by atoms with Crippen LogP contribution in [0.2, 0.25) is 0 Å². The zero-order valence-electron chi connectivity index (χ0n) is 9.08. The number of likely N-dealkylation sites (N-methyl/N-ethyl adjacent to an activating group) is 1. The summed E-state index contributed by atoms with van der Waals surface area (Å²) in [5, 5.41) is 0. The Morgan fingerprint density at radius 3 is 2.46 bits per heavy atom. The molecule has 1 fully saturated rings. The van der Waals surface area contributed by atoms with Gasteiger partial charge in [-0.25, -0.2) is 0 Å². The lowest BCUT2D eigenvalue weighted by Gasteiger charge is -2.40. The summed E-state index contributed by atoms with van der Waals surface area (Å²) < 4.78 is 0. The molecule has 76 valence electrons. The lowest BCUT2D eigenvalue weighted by Crippen LogP contribution is -2.55. The topological polar surface area (TPSA) is 23.6 Å². The van der Waals surface area contributed by atoms with Crippen molar-refractivity contribution in [2.75, 3.05) is 26.7 Å². The van der Waals surface area contributed by atoms with E-state index in [1.807, 2.05) is 7.05 Å². The van der Waals surface area contributed by atoms with Crippen LogP contribution in [-0.4, -0.2) is 54.3 Å². The fourth-order valence-electron chi connectivity index (χ4n) is 1.80. The maximum absolute atomic E-state index is 11.3. The van der Waals surface area contributed by atoms with Crippen molar-refractivity contribution in [3.05, 3.63) is 0 Å². The molecule has 13 heavy (non-hydrogen) atoms. The molecule has 3 nitrogen and oxygen atoms in total. The van der Waals surface area contributed by atoms with Crippen LogP contribution in [0, 0.1) is 0 Å². The Hall–Kier alpha value is -0.410. The van der Waals surface area contributed by atoms with Crippen LogP contribution < -0.4 is 0 Å². The van der Waals surface area contributed by atoms with E-state index in [9.17, 15) is 4.79 Å². The number of ketones is 1. The number of carbonyl (C=O) groups excluding carboxylic acids is 1. The normalized spacial score (nSPS) is 26.7. The Morgan fingerprint density at radius 2 is 2.00 bits per heavy atom. The van der Waals surface area contributed by atoms with Crippen molar-refractivity contribution in [2.24, 2.45) is 0 Å². The van der Waals surface area contributed by atoms with Gasteiger partial charge >= 0.3 is 0 Å². The van der Waals surface area contributed by atoms with E-state index in [0.29, 0.717) is 6.04 Å². The molecule has 1 unspecified atom stereocenters. The van der Waals surface area contributed by atoms with E-state index in [4.69, 9.17) is 0 Å². The quantitative estimate of drug-likeness (QED) is 0.628. The lowest BCUT2D eigenvalue weighted by atomic mass is 10.1. The van der Waals surface area contributed by atoms with E-state index in [2.05, 4.69) is 23.6 Å². The van der Waals surface area contributed by atoms with Crippen LogP contribution in [0.4, 0.5) is 0 Å². The highest BCUT2D eigenvalue weighted by Crippen LogP contribution is 2.11. The van der Waals surface area contributed by atoms with Crippen LogP contribution in [-0.2, 0) is 4.79 Å². The van der Waals surface area contributed by atoms with Crippen LogP contribution in [0.1, 0.15) is 20.8 Å². The highest BCUT2D eigenvalue weighted by Gasteiger charge is 2.28. The number of hydrogen-bond acceptors (Lipinski definition) is 3. The molecule has 0 aromatic carbocycles. The third-order valence-electron chi connectivity index (χ3n) is 2.88. The van der Waals surface area contributed by atoms with Crippen molar-refractivity contribution in [3.8, 4) is 0 Å². The molecule has 0 spiro atoms. The summed E-state index contributed by atoms with van der Waals surface area (Å²) in [5.41, 5.74) is 0. The number of carbonyl (C=O) groups is 1. The lowest BCUT2D eigenvalue weighted by molar-refractivity contribution is -0.124. The van der Waals surface area contributed by atoms with Gasteiger partial charge in [0.05, 0.1) is 6.04 Å². The van der Waals surface area contributed by atoms with Crippen LogP contribution in [0.25, 0.3) is 0 Å². The minimum Gasteiger partial charge on any atom is -0.298 e. The number of hydrogen-bond donors (Lipinski definition) is 0. The highest BCUT2D eigenvalue weighted by molar-refractivity contribution is 5.81. The molecule has 0 bridgehead atoms. The van der Waals surface area contributed by atoms with Gasteiger partial charge in [-0.1, -0.05) is 0 Å². The van der Waals surface area contributed by atoms with E-state index in [0.717, 1.165) is 19.6 Å². The number of nitrogens with zero attached hydrogens (tertiary/aromatic N) is 2. The van der Waals surface area contributed by atoms with Gasteiger partial charge < -0.3 is 0 Å². The first kappa shape index (κ1) is 10.7. The maximum Gasteiger partial charge on any atom is 0.148 e. The molecule has 1 heterocycles. The molecule has 0 radical (unpaired) electrons. The minimum absolute atomic E-state index is 0.108. The summed E-state index contributed by atoms with van der Waals surface area (Å²) in [6, 6.07) is 0.659. The zero-order valence-corrected chi connectivity index (χ0v) is 9.08. The van der Waals surface area contributed by atoms with Gasteiger partial charge in [-0.05, 0) is 27.8 Å². The van der Waals surface area contributed by atoms with Crippen molar-refractivity contribution >= 4 is 5.78 Å². The third-order valence-corrected chi connectivity index (χ3v) is 2.88. The van der Waals surface area contributed by atoms with Crippen molar-refractivity contribution in [1.29, 1.82) is 0 Å². The molecule has 0 aliphatic carbocycles. The third kappa shape index (κ3) is 2.51. The van der Waals surface area contributed by atoms with Gasteiger partial charge in [0.15, 0.2) is 0 Å². The summed E-state index contributed by atoms with van der Waals surface area (Å²) in [6.45, 7) is 9.03. The number of Topliss-reactive ketones (excluding diaryl/α,β-unsaturated/α-hetero) is 1. The first-order valence-electron chi connectivity index (χ1n) is 4.97. The average Bonchev–Trinajstić information content (AvgIpc) is 2.04. The molecule has 1 aliphatic heterocycles. The molecule has 1 rings (SSSR count). The Bertz CT molecular complexity index is 191. The van der Waals surface area contributed by atoms with Gasteiger partial charge in [-0.2, -0.15) is 0 Å². The summed E-state index contributed by atoms with van der Waals surface area (Å²) in [7, 11) is 2.03. The van der Waals surface area contributed by atoms with E-state index in [1.165, 1.54) is 0 Å². The largest absolute Gasteiger partial charge is 0.298 e. The minimum atomic E-state index is 0.108. The van der Waals surface area contributed by atoms with Crippen LogP contribution in [0.5, 0.6) is 0 Å². The number of rotatable bonds is 2. The molecule has 0 saturated carbocycles. The van der Waals surface area contributed by atoms with Gasteiger partial charge in [0.2, 0.25) is 0 Å².